The van der Waals surface area contributed by atoms with Gasteiger partial charge in [0.2, 0.25) is 0 Å². The molecule has 0 aromatic heterocycles. The number of carbonyl (C=O) groups is 2. The van der Waals surface area contributed by atoms with Crippen molar-refractivity contribution < 1.29 is 45.4 Å². The maximum absolute atomic E-state index is 14.2. The molecule has 0 atom stereocenters. The largest absolute Gasteiger partial charge is 0.454 e. The second-order valence-electron chi connectivity index (χ2n) is 8.44. The van der Waals surface area contributed by atoms with Gasteiger partial charge in [-0.1, -0.05) is 26.7 Å². The molecule has 0 heterocycles. The smallest absolute Gasteiger partial charge is 0.441 e. The molecule has 1 rings (SSSR count). The topological polar surface area (TPSA) is 52.6 Å². The molecule has 4 nitrogen and oxygen atoms in total. The van der Waals surface area contributed by atoms with Gasteiger partial charge in [-0.15, -0.1) is 0 Å². The maximum Gasteiger partial charge on any atom is 0.441 e. The molecule has 0 aliphatic heterocycles. The summed E-state index contributed by atoms with van der Waals surface area (Å²) in [5.74, 6) is -2.80. The van der Waals surface area contributed by atoms with Crippen molar-refractivity contribution in [3.63, 3.8) is 0 Å². The van der Waals surface area contributed by atoms with E-state index in [-0.39, 0.29) is 25.7 Å². The van der Waals surface area contributed by atoms with Gasteiger partial charge in [-0.3, -0.25) is 9.59 Å². The van der Waals surface area contributed by atoms with Gasteiger partial charge in [-0.25, -0.2) is 0 Å². The lowest BCUT2D eigenvalue weighted by Crippen LogP contribution is -2.73. The van der Waals surface area contributed by atoms with Crippen LogP contribution >= 0.6 is 0 Å². The van der Waals surface area contributed by atoms with Gasteiger partial charge in [-0.05, 0) is 52.4 Å². The molecule has 0 saturated heterocycles. The van der Waals surface area contributed by atoms with E-state index in [0.717, 1.165) is 0 Å². The third-order valence-electron chi connectivity index (χ3n) is 5.83. The highest BCUT2D eigenvalue weighted by atomic mass is 19.4. The van der Waals surface area contributed by atoms with Gasteiger partial charge in [0.15, 0.2) is 5.60 Å². The number of hydrogen-bond acceptors (Lipinski definition) is 4. The minimum atomic E-state index is -6.04. The molecule has 0 N–H and O–H groups in total. The summed E-state index contributed by atoms with van der Waals surface area (Å²) < 4.78 is 94.3. The summed E-state index contributed by atoms with van der Waals surface area (Å²) >= 11 is 0. The quantitative estimate of drug-likeness (QED) is 0.237. The van der Waals surface area contributed by atoms with Crippen LogP contribution in [0.2, 0.25) is 0 Å². The van der Waals surface area contributed by atoms with Crippen LogP contribution in [0.25, 0.3) is 0 Å². The molecule has 0 aromatic carbocycles. The zero-order valence-corrected chi connectivity index (χ0v) is 17.8. The minimum absolute atomic E-state index is 0.0267. The van der Waals surface area contributed by atoms with Crippen LogP contribution in [-0.4, -0.2) is 35.5 Å². The molecule has 0 amide bonds. The number of hydrogen-bond donors (Lipinski definition) is 0. The summed E-state index contributed by atoms with van der Waals surface area (Å²) in [6.07, 6.45) is -12.8. The van der Waals surface area contributed by atoms with Gasteiger partial charge >= 0.3 is 29.9 Å². The summed E-state index contributed by atoms with van der Waals surface area (Å²) in [5, 5.41) is 0. The Morgan fingerprint density at radius 2 is 1.40 bits per heavy atom. The lowest BCUT2D eigenvalue weighted by molar-refractivity contribution is -0.412. The average Bonchev–Trinajstić information content (AvgIpc) is 3.07. The van der Waals surface area contributed by atoms with Crippen molar-refractivity contribution in [1.82, 2.24) is 0 Å². The van der Waals surface area contributed by atoms with E-state index in [9.17, 15) is 35.9 Å². The Balaban J connectivity index is 3.55. The fourth-order valence-electron chi connectivity index (χ4n) is 3.56. The molecule has 30 heavy (non-hydrogen) atoms. The highest BCUT2D eigenvalue weighted by molar-refractivity contribution is 5.76. The Morgan fingerprint density at radius 3 is 1.80 bits per heavy atom. The van der Waals surface area contributed by atoms with Crippen LogP contribution in [0.3, 0.4) is 0 Å². The van der Waals surface area contributed by atoms with E-state index < -0.39 is 60.2 Å². The number of ether oxygens (including phenoxy) is 2. The Morgan fingerprint density at radius 1 is 0.900 bits per heavy atom. The fourth-order valence-corrected chi connectivity index (χ4v) is 3.56. The summed E-state index contributed by atoms with van der Waals surface area (Å²) in [4.78, 5) is 24.7. The molecule has 0 aromatic rings. The first-order valence-corrected chi connectivity index (χ1v) is 10.2. The van der Waals surface area contributed by atoms with Gasteiger partial charge in [0.25, 0.3) is 0 Å². The fraction of sp³-hybridized carbons (Fsp3) is 0.900. The molecule has 0 spiro atoms. The molecule has 10 heteroatoms. The van der Waals surface area contributed by atoms with Crippen molar-refractivity contribution in [2.45, 2.75) is 109 Å². The molecule has 176 valence electrons. The molecule has 1 fully saturated rings. The Hall–Kier alpha value is -1.48. The maximum atomic E-state index is 14.2. The standard InChI is InChI=1S/C20H30F6O4/c1-5-7-8-11-14(27)29-18(19(21,22)23,20(24,25)26)17(12-9-10-13-17)30-15(28)16(3,4)6-2/h5-13H2,1-4H3. The van der Waals surface area contributed by atoms with E-state index >= 15 is 0 Å². The molecular weight excluding hydrogens is 418 g/mol. The number of carbonyl (C=O) groups excluding carboxylic acids is 2. The van der Waals surface area contributed by atoms with Gasteiger partial charge in [0, 0.05) is 6.42 Å². The van der Waals surface area contributed by atoms with Crippen molar-refractivity contribution >= 4 is 11.9 Å². The van der Waals surface area contributed by atoms with Crippen LogP contribution in [0, 0.1) is 5.41 Å². The van der Waals surface area contributed by atoms with Gasteiger partial charge in [0.1, 0.15) is 0 Å². The van der Waals surface area contributed by atoms with E-state index in [2.05, 4.69) is 4.74 Å². The lowest BCUT2D eigenvalue weighted by Gasteiger charge is -2.48. The van der Waals surface area contributed by atoms with Crippen LogP contribution in [0.5, 0.6) is 0 Å². The molecular formula is C20H30F6O4. The zero-order valence-electron chi connectivity index (χ0n) is 17.8. The lowest BCUT2D eigenvalue weighted by atomic mass is 9.78. The summed E-state index contributed by atoms with van der Waals surface area (Å²) in [7, 11) is 0. The van der Waals surface area contributed by atoms with Gasteiger partial charge in [-0.2, -0.15) is 26.3 Å². The van der Waals surface area contributed by atoms with Gasteiger partial charge < -0.3 is 9.47 Å². The van der Waals surface area contributed by atoms with Crippen LogP contribution in [-0.2, 0) is 19.1 Å². The van der Waals surface area contributed by atoms with Crippen molar-refractivity contribution in [3.05, 3.63) is 0 Å². The molecule has 0 radical (unpaired) electrons. The number of rotatable bonds is 9. The van der Waals surface area contributed by atoms with E-state index in [1.807, 2.05) is 0 Å². The van der Waals surface area contributed by atoms with Crippen molar-refractivity contribution in [1.29, 1.82) is 0 Å². The molecule has 0 unspecified atom stereocenters. The number of esters is 2. The highest BCUT2D eigenvalue weighted by Gasteiger charge is 2.85. The predicted octanol–water partition coefficient (Wildman–Crippen LogP) is 6.27. The molecule has 1 aliphatic rings. The zero-order chi connectivity index (χ0) is 23.4. The normalized spacial score (nSPS) is 17.7. The third kappa shape index (κ3) is 5.04. The van der Waals surface area contributed by atoms with E-state index in [4.69, 9.17) is 4.74 Å². The van der Waals surface area contributed by atoms with E-state index in [1.54, 1.807) is 13.8 Å². The summed E-state index contributed by atoms with van der Waals surface area (Å²) in [6.45, 7) is 6.08. The first-order valence-electron chi connectivity index (χ1n) is 10.2. The second kappa shape index (κ2) is 9.34. The number of halogens is 6. The summed E-state index contributed by atoms with van der Waals surface area (Å²) in [5.41, 5.74) is -9.29. The van der Waals surface area contributed by atoms with Crippen LogP contribution in [0.15, 0.2) is 0 Å². The third-order valence-corrected chi connectivity index (χ3v) is 5.83. The predicted molar refractivity (Wildman–Crippen MR) is 96.4 cm³/mol. The Bertz CT molecular complexity index is 589. The monoisotopic (exact) mass is 448 g/mol. The molecule has 1 aliphatic carbocycles. The number of alkyl halides is 6. The van der Waals surface area contributed by atoms with Crippen molar-refractivity contribution in [2.75, 3.05) is 0 Å². The van der Waals surface area contributed by atoms with Gasteiger partial charge in [0.05, 0.1) is 5.41 Å². The van der Waals surface area contributed by atoms with Crippen molar-refractivity contribution in [2.24, 2.45) is 5.41 Å². The Kier molecular flexibility index (Phi) is 8.27. The first kappa shape index (κ1) is 26.6. The van der Waals surface area contributed by atoms with E-state index in [1.165, 1.54) is 13.8 Å². The molecule has 1 saturated carbocycles. The average molecular weight is 448 g/mol. The highest BCUT2D eigenvalue weighted by Crippen LogP contribution is 2.59. The Labute approximate surface area is 172 Å². The first-order chi connectivity index (χ1) is 13.6. The van der Waals surface area contributed by atoms with E-state index in [0.29, 0.717) is 12.8 Å². The van der Waals surface area contributed by atoms with Crippen LogP contribution < -0.4 is 0 Å². The van der Waals surface area contributed by atoms with Crippen LogP contribution in [0.1, 0.15) is 85.5 Å². The molecule has 0 bridgehead atoms. The van der Waals surface area contributed by atoms with Crippen molar-refractivity contribution in [3.8, 4) is 0 Å². The second-order valence-corrected chi connectivity index (χ2v) is 8.44. The van der Waals surface area contributed by atoms with Crippen LogP contribution in [0.4, 0.5) is 26.3 Å². The minimum Gasteiger partial charge on any atom is -0.454 e. The summed E-state index contributed by atoms with van der Waals surface area (Å²) in [6, 6.07) is 0. The SMILES string of the molecule is CCCCCC(=O)OC(C(F)(F)F)(C(F)(F)F)C1(OC(=O)C(C)(C)CC)CCCC1. The number of unbranched alkanes of at least 4 members (excludes halogenated alkanes) is 2.